The van der Waals surface area contributed by atoms with Crippen LogP contribution in [0.1, 0.15) is 36.1 Å². The molecule has 2 heterocycles. The van der Waals surface area contributed by atoms with Gasteiger partial charge in [0.25, 0.3) is 5.91 Å². The van der Waals surface area contributed by atoms with Crippen LogP contribution in [0.3, 0.4) is 0 Å². The fraction of sp³-hybridized carbons (Fsp3) is 0.400. The first kappa shape index (κ1) is 22.0. The van der Waals surface area contributed by atoms with Crippen LogP contribution < -0.4 is 4.74 Å². The molecule has 0 aromatic heterocycles. The number of carbonyl (C=O) groups is 2. The Morgan fingerprint density at radius 1 is 1.06 bits per heavy atom. The van der Waals surface area contributed by atoms with Crippen LogP contribution in [0.15, 0.2) is 53.6 Å². The van der Waals surface area contributed by atoms with Crippen molar-refractivity contribution in [2.75, 3.05) is 39.8 Å². The van der Waals surface area contributed by atoms with Crippen molar-refractivity contribution >= 4 is 17.5 Å². The standard InChI is InChI=1S/C25H30N4O3/c1-18-7-6-8-20(15-18)22-16-23(21-9-4-5-10-24(21)32-3)29(26-22)25(31)17-27-11-13-28(14-12-27)19(2)30/h4-10,15,23H,11-14,16-17H2,1-3H3/t23-/m1/s1. The highest BCUT2D eigenvalue weighted by atomic mass is 16.5. The lowest BCUT2D eigenvalue weighted by Crippen LogP contribution is -2.50. The van der Waals surface area contributed by atoms with E-state index in [-0.39, 0.29) is 24.4 Å². The van der Waals surface area contributed by atoms with E-state index in [0.29, 0.717) is 32.6 Å². The number of rotatable bonds is 5. The molecular formula is C25H30N4O3. The van der Waals surface area contributed by atoms with E-state index in [9.17, 15) is 9.59 Å². The van der Waals surface area contributed by atoms with Gasteiger partial charge in [0.1, 0.15) is 5.75 Å². The first-order valence-corrected chi connectivity index (χ1v) is 11.0. The highest BCUT2D eigenvalue weighted by molar-refractivity contribution is 6.03. The number of hydrogen-bond acceptors (Lipinski definition) is 5. The summed E-state index contributed by atoms with van der Waals surface area (Å²) in [5.74, 6) is 0.796. The topological polar surface area (TPSA) is 65.5 Å². The second-order valence-corrected chi connectivity index (χ2v) is 8.40. The monoisotopic (exact) mass is 434 g/mol. The lowest BCUT2D eigenvalue weighted by Gasteiger charge is -2.34. The summed E-state index contributed by atoms with van der Waals surface area (Å²) in [6, 6.07) is 15.8. The lowest BCUT2D eigenvalue weighted by molar-refractivity contribution is -0.135. The van der Waals surface area contributed by atoms with Crippen molar-refractivity contribution in [2.45, 2.75) is 26.3 Å². The molecule has 1 atom stereocenters. The number of hydrazone groups is 1. The number of methoxy groups -OCH3 is 1. The summed E-state index contributed by atoms with van der Waals surface area (Å²) < 4.78 is 5.59. The molecule has 0 radical (unpaired) electrons. The summed E-state index contributed by atoms with van der Waals surface area (Å²) in [5.41, 5.74) is 4.05. The van der Waals surface area contributed by atoms with E-state index in [1.54, 1.807) is 19.0 Å². The molecule has 2 aromatic rings. The predicted molar refractivity (Wildman–Crippen MR) is 124 cm³/mol. The van der Waals surface area contributed by atoms with Crippen LogP contribution in [0, 0.1) is 6.92 Å². The van der Waals surface area contributed by atoms with Crippen LogP contribution in [-0.4, -0.2) is 72.2 Å². The van der Waals surface area contributed by atoms with Gasteiger partial charge < -0.3 is 9.64 Å². The molecule has 32 heavy (non-hydrogen) atoms. The lowest BCUT2D eigenvalue weighted by atomic mass is 9.97. The molecule has 0 spiro atoms. The van der Waals surface area contributed by atoms with Gasteiger partial charge in [0.15, 0.2) is 0 Å². The summed E-state index contributed by atoms with van der Waals surface area (Å²) in [6.07, 6.45) is 0.633. The number of hydrogen-bond donors (Lipinski definition) is 0. The molecule has 0 N–H and O–H groups in total. The number of nitrogens with zero attached hydrogens (tertiary/aromatic N) is 4. The van der Waals surface area contributed by atoms with E-state index in [1.165, 1.54) is 0 Å². The zero-order valence-corrected chi connectivity index (χ0v) is 19.0. The highest BCUT2D eigenvalue weighted by Crippen LogP contribution is 2.37. The molecule has 2 aliphatic heterocycles. The van der Waals surface area contributed by atoms with Crippen molar-refractivity contribution in [3.8, 4) is 5.75 Å². The van der Waals surface area contributed by atoms with Gasteiger partial charge in [-0.1, -0.05) is 48.0 Å². The van der Waals surface area contributed by atoms with Crippen LogP contribution in [0.2, 0.25) is 0 Å². The van der Waals surface area contributed by atoms with Gasteiger partial charge in [-0.2, -0.15) is 5.10 Å². The number of amides is 2. The predicted octanol–water partition coefficient (Wildman–Crippen LogP) is 2.85. The molecule has 2 amide bonds. The number of para-hydroxylation sites is 1. The minimum Gasteiger partial charge on any atom is -0.496 e. The van der Waals surface area contributed by atoms with E-state index in [2.05, 4.69) is 24.0 Å². The second kappa shape index (κ2) is 9.53. The Bertz CT molecular complexity index is 1030. The zero-order valence-electron chi connectivity index (χ0n) is 19.0. The molecule has 7 heteroatoms. The second-order valence-electron chi connectivity index (χ2n) is 8.40. The molecule has 2 aliphatic rings. The zero-order chi connectivity index (χ0) is 22.7. The Balaban J connectivity index is 1.58. The molecule has 0 bridgehead atoms. The van der Waals surface area contributed by atoms with Crippen LogP contribution in [0.25, 0.3) is 0 Å². The van der Waals surface area contributed by atoms with Crippen LogP contribution >= 0.6 is 0 Å². The van der Waals surface area contributed by atoms with Crippen molar-refractivity contribution in [2.24, 2.45) is 5.10 Å². The van der Waals surface area contributed by atoms with Crippen molar-refractivity contribution in [1.82, 2.24) is 14.8 Å². The molecule has 0 unspecified atom stereocenters. The maximum absolute atomic E-state index is 13.4. The summed E-state index contributed by atoms with van der Waals surface area (Å²) >= 11 is 0. The fourth-order valence-corrected chi connectivity index (χ4v) is 4.41. The Kier molecular flexibility index (Phi) is 6.55. The minimum absolute atomic E-state index is 0.0418. The summed E-state index contributed by atoms with van der Waals surface area (Å²) in [5, 5.41) is 6.43. The van der Waals surface area contributed by atoms with Gasteiger partial charge in [-0.05, 0) is 18.6 Å². The first-order chi connectivity index (χ1) is 15.5. The number of aryl methyl sites for hydroxylation is 1. The van der Waals surface area contributed by atoms with Gasteiger partial charge in [-0.15, -0.1) is 0 Å². The number of piperazine rings is 1. The Morgan fingerprint density at radius 3 is 2.50 bits per heavy atom. The Morgan fingerprint density at radius 2 is 1.81 bits per heavy atom. The molecule has 168 valence electrons. The average molecular weight is 435 g/mol. The van der Waals surface area contributed by atoms with Crippen molar-refractivity contribution in [3.05, 3.63) is 65.2 Å². The third kappa shape index (κ3) is 4.67. The number of benzene rings is 2. The number of carbonyl (C=O) groups excluding carboxylic acids is 2. The van der Waals surface area contributed by atoms with Gasteiger partial charge in [0, 0.05) is 45.1 Å². The Labute approximate surface area is 189 Å². The maximum Gasteiger partial charge on any atom is 0.257 e. The van der Waals surface area contributed by atoms with E-state index < -0.39 is 0 Å². The normalized spacial score (nSPS) is 19.1. The van der Waals surface area contributed by atoms with E-state index in [1.807, 2.05) is 41.3 Å². The summed E-state index contributed by atoms with van der Waals surface area (Å²) in [6.45, 7) is 6.60. The first-order valence-electron chi connectivity index (χ1n) is 11.0. The van der Waals surface area contributed by atoms with Crippen molar-refractivity contribution in [3.63, 3.8) is 0 Å². The SMILES string of the molecule is COc1ccccc1[C@H]1CC(c2cccc(C)c2)=NN1C(=O)CN1CCN(C(C)=O)CC1. The van der Waals surface area contributed by atoms with Crippen LogP contribution in [-0.2, 0) is 9.59 Å². The van der Waals surface area contributed by atoms with E-state index in [0.717, 1.165) is 28.2 Å². The van der Waals surface area contributed by atoms with Gasteiger partial charge >= 0.3 is 0 Å². The summed E-state index contributed by atoms with van der Waals surface area (Å²) in [7, 11) is 1.65. The van der Waals surface area contributed by atoms with Gasteiger partial charge in [-0.3, -0.25) is 14.5 Å². The maximum atomic E-state index is 13.4. The third-order valence-electron chi connectivity index (χ3n) is 6.19. The quantitative estimate of drug-likeness (QED) is 0.726. The summed E-state index contributed by atoms with van der Waals surface area (Å²) in [4.78, 5) is 28.9. The van der Waals surface area contributed by atoms with E-state index in [4.69, 9.17) is 9.84 Å². The average Bonchev–Trinajstić information content (AvgIpc) is 3.25. The number of ether oxygens (including phenoxy) is 1. The van der Waals surface area contributed by atoms with Crippen molar-refractivity contribution in [1.29, 1.82) is 0 Å². The smallest absolute Gasteiger partial charge is 0.257 e. The fourth-order valence-electron chi connectivity index (χ4n) is 4.41. The molecule has 0 saturated carbocycles. The minimum atomic E-state index is -0.215. The molecule has 1 saturated heterocycles. The van der Waals surface area contributed by atoms with E-state index >= 15 is 0 Å². The molecule has 0 aliphatic carbocycles. The molecule has 1 fully saturated rings. The molecular weight excluding hydrogens is 404 g/mol. The van der Waals surface area contributed by atoms with Crippen LogP contribution in [0.5, 0.6) is 5.75 Å². The highest BCUT2D eigenvalue weighted by Gasteiger charge is 2.35. The van der Waals surface area contributed by atoms with Gasteiger partial charge in [-0.25, -0.2) is 5.01 Å². The molecule has 7 nitrogen and oxygen atoms in total. The van der Waals surface area contributed by atoms with Gasteiger partial charge in [0.2, 0.25) is 5.91 Å². The largest absolute Gasteiger partial charge is 0.496 e. The van der Waals surface area contributed by atoms with Crippen molar-refractivity contribution < 1.29 is 14.3 Å². The van der Waals surface area contributed by atoms with Gasteiger partial charge in [0.05, 0.1) is 25.4 Å². The van der Waals surface area contributed by atoms with Crippen LogP contribution in [0.4, 0.5) is 0 Å². The molecule has 4 rings (SSSR count). The Hall–Kier alpha value is -3.19. The molecule has 2 aromatic carbocycles. The third-order valence-corrected chi connectivity index (χ3v) is 6.19.